The molecule has 0 fully saturated rings. The highest BCUT2D eigenvalue weighted by molar-refractivity contribution is 6.42. The molecule has 1 atom stereocenters. The molecule has 1 heterocycles. The second kappa shape index (κ2) is 5.45. The number of fused-ring (bicyclic) bond motifs is 1. The molecule has 2 rings (SSSR count). The number of carbonyl (C=O) groups is 1. The van der Waals surface area contributed by atoms with Crippen molar-refractivity contribution in [1.29, 1.82) is 0 Å². The van der Waals surface area contributed by atoms with Gasteiger partial charge in [-0.25, -0.2) is 0 Å². The number of carbonyl (C=O) groups excluding carboxylic acids is 1. The summed E-state index contributed by atoms with van der Waals surface area (Å²) in [6.45, 7) is 1.60. The molecule has 0 aliphatic carbocycles. The lowest BCUT2D eigenvalue weighted by Gasteiger charge is -2.27. The highest BCUT2D eigenvalue weighted by Crippen LogP contribution is 2.33. The summed E-state index contributed by atoms with van der Waals surface area (Å²) in [6.07, 6.45) is -4.26. The van der Waals surface area contributed by atoms with Crippen molar-refractivity contribution in [3.63, 3.8) is 0 Å². The smallest absolute Gasteiger partial charge is 0.332 e. The molecule has 0 radical (unpaired) electrons. The van der Waals surface area contributed by atoms with Crippen molar-refractivity contribution < 1.29 is 18.0 Å². The maximum atomic E-state index is 12.6. The Morgan fingerprint density at radius 1 is 1.35 bits per heavy atom. The second-order valence-electron chi connectivity index (χ2n) is 4.80. The third-order valence-corrected chi connectivity index (χ3v) is 4.29. The topological polar surface area (TPSA) is 20.3 Å². The first-order valence-electron chi connectivity index (χ1n) is 6.05. The predicted molar refractivity (Wildman–Crippen MR) is 71.1 cm³/mol. The third kappa shape index (κ3) is 2.88. The van der Waals surface area contributed by atoms with Crippen LogP contribution in [-0.4, -0.2) is 29.6 Å². The van der Waals surface area contributed by atoms with Gasteiger partial charge in [0.2, 0.25) is 0 Å². The van der Waals surface area contributed by atoms with E-state index in [9.17, 15) is 18.0 Å². The fourth-order valence-corrected chi connectivity index (χ4v) is 2.86. The molecule has 0 aromatic heterocycles. The van der Waals surface area contributed by atoms with Gasteiger partial charge in [0, 0.05) is 12.6 Å². The van der Waals surface area contributed by atoms with E-state index in [-0.39, 0.29) is 13.0 Å². The lowest BCUT2D eigenvalue weighted by Crippen LogP contribution is -2.46. The van der Waals surface area contributed by atoms with Crippen LogP contribution in [0, 0.1) is 0 Å². The molecule has 0 bridgehead atoms. The molecule has 0 spiro atoms. The molecule has 1 aromatic rings. The average Bonchev–Trinajstić information content (AvgIpc) is 2.51. The van der Waals surface area contributed by atoms with E-state index in [2.05, 4.69) is 0 Å². The van der Waals surface area contributed by atoms with Crippen LogP contribution in [0.5, 0.6) is 0 Å². The maximum absolute atomic E-state index is 12.6. The molecule has 1 aliphatic heterocycles. The SMILES string of the molecule is C[C@H]1Cc2c(ccc(Cl)c2Cl)CCN1C(=O)C(F)(F)F. The number of amides is 1. The molecule has 110 valence electrons. The second-order valence-corrected chi connectivity index (χ2v) is 5.58. The lowest BCUT2D eigenvalue weighted by molar-refractivity contribution is -0.187. The van der Waals surface area contributed by atoms with Gasteiger partial charge in [0.1, 0.15) is 0 Å². The normalized spacial score (nSPS) is 19.5. The Balaban J connectivity index is 2.32. The van der Waals surface area contributed by atoms with E-state index < -0.39 is 18.1 Å². The number of hydrogen-bond donors (Lipinski definition) is 0. The van der Waals surface area contributed by atoms with Crippen molar-refractivity contribution in [1.82, 2.24) is 4.90 Å². The first kappa shape index (κ1) is 15.4. The van der Waals surface area contributed by atoms with Crippen LogP contribution in [0.2, 0.25) is 10.0 Å². The van der Waals surface area contributed by atoms with E-state index in [1.165, 1.54) is 0 Å². The number of halogens is 5. The molecule has 20 heavy (non-hydrogen) atoms. The van der Waals surface area contributed by atoms with Gasteiger partial charge in [0.25, 0.3) is 0 Å². The van der Waals surface area contributed by atoms with E-state index >= 15 is 0 Å². The molecular formula is C13H12Cl2F3NO. The minimum Gasteiger partial charge on any atom is -0.332 e. The van der Waals surface area contributed by atoms with E-state index in [0.29, 0.717) is 16.5 Å². The summed E-state index contributed by atoms with van der Waals surface area (Å²) in [6, 6.07) is 2.79. The number of alkyl halides is 3. The van der Waals surface area contributed by atoms with Crippen LogP contribution in [0.1, 0.15) is 18.1 Å². The van der Waals surface area contributed by atoms with Crippen LogP contribution < -0.4 is 0 Å². The van der Waals surface area contributed by atoms with Gasteiger partial charge in [-0.05, 0) is 37.0 Å². The van der Waals surface area contributed by atoms with E-state index in [1.54, 1.807) is 19.1 Å². The summed E-state index contributed by atoms with van der Waals surface area (Å²) in [5.74, 6) is -1.81. The molecule has 1 aromatic carbocycles. The number of nitrogens with zero attached hydrogens (tertiary/aromatic N) is 1. The summed E-state index contributed by atoms with van der Waals surface area (Å²) in [5.41, 5.74) is 1.56. The zero-order chi connectivity index (χ0) is 15.1. The van der Waals surface area contributed by atoms with Crippen LogP contribution in [0.15, 0.2) is 12.1 Å². The van der Waals surface area contributed by atoms with Gasteiger partial charge in [-0.15, -0.1) is 0 Å². The van der Waals surface area contributed by atoms with Crippen molar-refractivity contribution in [2.75, 3.05) is 6.54 Å². The monoisotopic (exact) mass is 325 g/mol. The van der Waals surface area contributed by atoms with Crippen molar-refractivity contribution in [3.05, 3.63) is 33.3 Å². The Morgan fingerprint density at radius 2 is 2.00 bits per heavy atom. The number of hydrogen-bond acceptors (Lipinski definition) is 1. The van der Waals surface area contributed by atoms with E-state index in [4.69, 9.17) is 23.2 Å². The summed E-state index contributed by atoms with van der Waals surface area (Å²) in [4.78, 5) is 12.3. The molecule has 0 N–H and O–H groups in total. The first-order valence-corrected chi connectivity index (χ1v) is 6.81. The zero-order valence-corrected chi connectivity index (χ0v) is 12.1. The highest BCUT2D eigenvalue weighted by atomic mass is 35.5. The standard InChI is InChI=1S/C13H12Cl2F3NO/c1-7-6-9-8(2-3-10(14)11(9)15)4-5-19(7)12(20)13(16,17)18/h2-3,7H,4-6H2,1H3/t7-/m0/s1. The van der Waals surface area contributed by atoms with Crippen LogP contribution in [0.25, 0.3) is 0 Å². The van der Waals surface area contributed by atoms with Crippen molar-refractivity contribution in [2.24, 2.45) is 0 Å². The Labute approximate surface area is 124 Å². The highest BCUT2D eigenvalue weighted by Gasteiger charge is 2.44. The van der Waals surface area contributed by atoms with Crippen molar-refractivity contribution in [2.45, 2.75) is 32.0 Å². The fraction of sp³-hybridized carbons (Fsp3) is 0.462. The molecule has 1 amide bonds. The molecule has 2 nitrogen and oxygen atoms in total. The van der Waals surface area contributed by atoms with E-state index in [1.807, 2.05) is 0 Å². The number of rotatable bonds is 0. The fourth-order valence-electron chi connectivity index (χ4n) is 2.42. The van der Waals surface area contributed by atoms with Gasteiger partial charge in [-0.2, -0.15) is 13.2 Å². The maximum Gasteiger partial charge on any atom is 0.471 e. The summed E-state index contributed by atoms with van der Waals surface area (Å²) in [5, 5.41) is 0.727. The molecule has 0 saturated heterocycles. The van der Waals surface area contributed by atoms with Gasteiger partial charge in [-0.3, -0.25) is 4.79 Å². The summed E-state index contributed by atoms with van der Waals surface area (Å²) in [7, 11) is 0. The Hall–Kier alpha value is -0.940. The Morgan fingerprint density at radius 3 is 2.60 bits per heavy atom. The largest absolute Gasteiger partial charge is 0.471 e. The van der Waals surface area contributed by atoms with Gasteiger partial charge >= 0.3 is 12.1 Å². The van der Waals surface area contributed by atoms with Gasteiger partial charge in [-0.1, -0.05) is 29.3 Å². The van der Waals surface area contributed by atoms with Gasteiger partial charge in [0.15, 0.2) is 0 Å². The van der Waals surface area contributed by atoms with Crippen LogP contribution in [0.4, 0.5) is 13.2 Å². The zero-order valence-electron chi connectivity index (χ0n) is 10.6. The third-order valence-electron chi connectivity index (χ3n) is 3.45. The molecule has 0 saturated carbocycles. The summed E-state index contributed by atoms with van der Waals surface area (Å²) < 4.78 is 37.7. The van der Waals surface area contributed by atoms with Crippen molar-refractivity contribution in [3.8, 4) is 0 Å². The number of benzene rings is 1. The quantitative estimate of drug-likeness (QED) is 0.709. The Bertz CT molecular complexity index is 545. The Kier molecular flexibility index (Phi) is 4.21. The van der Waals surface area contributed by atoms with Crippen LogP contribution in [0.3, 0.4) is 0 Å². The van der Waals surface area contributed by atoms with Crippen LogP contribution >= 0.6 is 23.2 Å². The minimum absolute atomic E-state index is 0.0183. The van der Waals surface area contributed by atoms with E-state index in [0.717, 1.165) is 16.0 Å². The molecule has 0 unspecified atom stereocenters. The average molecular weight is 326 g/mol. The van der Waals surface area contributed by atoms with Gasteiger partial charge in [0.05, 0.1) is 10.0 Å². The molecule has 7 heteroatoms. The molecule has 1 aliphatic rings. The van der Waals surface area contributed by atoms with Gasteiger partial charge < -0.3 is 4.90 Å². The summed E-state index contributed by atoms with van der Waals surface area (Å²) >= 11 is 12.0. The minimum atomic E-state index is -4.85. The first-order chi connectivity index (χ1) is 9.21. The van der Waals surface area contributed by atoms with Crippen LogP contribution in [-0.2, 0) is 17.6 Å². The lowest BCUT2D eigenvalue weighted by atomic mass is 10.0. The predicted octanol–water partition coefficient (Wildman–Crippen LogP) is 3.87. The van der Waals surface area contributed by atoms with Crippen molar-refractivity contribution >= 4 is 29.1 Å². The molecular weight excluding hydrogens is 314 g/mol.